The van der Waals surface area contributed by atoms with Gasteiger partial charge >= 0.3 is 0 Å². The van der Waals surface area contributed by atoms with Gasteiger partial charge in [0.05, 0.1) is 0 Å². The van der Waals surface area contributed by atoms with Crippen LogP contribution in [0.1, 0.15) is 25.6 Å². The van der Waals surface area contributed by atoms with E-state index in [0.29, 0.717) is 5.92 Å². The molecule has 4 heteroatoms. The summed E-state index contributed by atoms with van der Waals surface area (Å²) < 4.78 is 4.15. The van der Waals surface area contributed by atoms with Crippen molar-refractivity contribution in [3.8, 4) is 0 Å². The van der Waals surface area contributed by atoms with E-state index >= 15 is 0 Å². The molecule has 1 heterocycles. The number of nitrogens with zero attached hydrogens (tertiary/aromatic N) is 2. The molecule has 56 valence electrons. The first-order valence-corrected chi connectivity index (χ1v) is 4.02. The van der Waals surface area contributed by atoms with E-state index in [4.69, 9.17) is 0 Å². The van der Waals surface area contributed by atoms with Crippen LogP contribution in [-0.2, 0) is 0 Å². The van der Waals surface area contributed by atoms with E-state index in [1.54, 1.807) is 0 Å². The van der Waals surface area contributed by atoms with Gasteiger partial charge in [0, 0.05) is 24.5 Å². The Balaban J connectivity index is 2.78. The molecule has 0 aromatic carbocycles. The summed E-state index contributed by atoms with van der Waals surface area (Å²) in [5.41, 5.74) is 0. The second kappa shape index (κ2) is 2.96. The Morgan fingerprint density at radius 1 is 1.50 bits per heavy atom. The first-order chi connectivity index (χ1) is 4.74. The summed E-state index contributed by atoms with van der Waals surface area (Å²) in [6, 6.07) is 0. The van der Waals surface area contributed by atoms with E-state index in [0.717, 1.165) is 11.0 Å². The topological polar surface area (TPSA) is 37.8 Å². The maximum absolute atomic E-state index is 4.22. The molecule has 0 fully saturated rings. The van der Waals surface area contributed by atoms with Crippen molar-refractivity contribution in [2.45, 2.75) is 19.8 Å². The highest BCUT2D eigenvalue weighted by Crippen LogP contribution is 2.15. The van der Waals surface area contributed by atoms with Gasteiger partial charge in [-0.3, -0.25) is 0 Å². The smallest absolute Gasteiger partial charge is 0.202 e. The Morgan fingerprint density at radius 3 is 2.50 bits per heavy atom. The molecule has 0 spiro atoms. The molecule has 0 unspecified atom stereocenters. The van der Waals surface area contributed by atoms with Crippen molar-refractivity contribution < 1.29 is 0 Å². The van der Waals surface area contributed by atoms with Crippen molar-refractivity contribution in [1.29, 1.82) is 0 Å². The summed E-state index contributed by atoms with van der Waals surface area (Å²) in [6.45, 7) is 4.17. The number of hydrogen-bond acceptors (Lipinski definition) is 4. The molecular weight excluding hydrogens is 146 g/mol. The summed E-state index contributed by atoms with van der Waals surface area (Å²) >= 11 is 1.41. The quantitative estimate of drug-likeness (QED) is 0.710. The minimum atomic E-state index is 0.429. The van der Waals surface area contributed by atoms with E-state index in [9.17, 15) is 0 Å². The highest BCUT2D eigenvalue weighted by molar-refractivity contribution is 7.09. The molecule has 1 N–H and O–H groups in total. The maximum Gasteiger partial charge on any atom is 0.202 e. The third-order valence-electron chi connectivity index (χ3n) is 1.17. The molecule has 3 nitrogen and oxygen atoms in total. The Bertz CT molecular complexity index is 207. The van der Waals surface area contributed by atoms with E-state index in [2.05, 4.69) is 28.5 Å². The molecule has 0 aliphatic heterocycles. The van der Waals surface area contributed by atoms with E-state index in [-0.39, 0.29) is 0 Å². The van der Waals surface area contributed by atoms with Crippen molar-refractivity contribution in [3.05, 3.63) is 5.82 Å². The average molecular weight is 157 g/mol. The number of anilines is 1. The fraction of sp³-hybridized carbons (Fsp3) is 0.667. The lowest BCUT2D eigenvalue weighted by Crippen LogP contribution is -1.91. The van der Waals surface area contributed by atoms with Crippen molar-refractivity contribution in [2.24, 2.45) is 0 Å². The Labute approximate surface area is 64.7 Å². The van der Waals surface area contributed by atoms with Crippen LogP contribution in [0.2, 0.25) is 0 Å². The van der Waals surface area contributed by atoms with Crippen molar-refractivity contribution in [1.82, 2.24) is 9.36 Å². The molecule has 0 bridgehead atoms. The molecule has 10 heavy (non-hydrogen) atoms. The number of hydrogen-bond donors (Lipinski definition) is 1. The lowest BCUT2D eigenvalue weighted by Gasteiger charge is -1.93. The van der Waals surface area contributed by atoms with Gasteiger partial charge in [0.2, 0.25) is 5.13 Å². The first-order valence-electron chi connectivity index (χ1n) is 3.25. The fourth-order valence-electron chi connectivity index (χ4n) is 0.571. The van der Waals surface area contributed by atoms with Crippen LogP contribution < -0.4 is 5.32 Å². The molecule has 0 saturated heterocycles. The molecule has 0 amide bonds. The minimum Gasteiger partial charge on any atom is -0.363 e. The second-order valence-electron chi connectivity index (χ2n) is 2.36. The highest BCUT2D eigenvalue weighted by atomic mass is 32.1. The zero-order valence-electron chi connectivity index (χ0n) is 6.38. The largest absolute Gasteiger partial charge is 0.363 e. The van der Waals surface area contributed by atoms with E-state index < -0.39 is 0 Å². The van der Waals surface area contributed by atoms with Crippen LogP contribution in [0.25, 0.3) is 0 Å². The predicted octanol–water partition coefficient (Wildman–Crippen LogP) is 1.70. The van der Waals surface area contributed by atoms with Crippen molar-refractivity contribution in [2.75, 3.05) is 12.4 Å². The highest BCUT2D eigenvalue weighted by Gasteiger charge is 2.04. The lowest BCUT2D eigenvalue weighted by molar-refractivity contribution is 0.800. The van der Waals surface area contributed by atoms with E-state index in [1.807, 2.05) is 7.05 Å². The van der Waals surface area contributed by atoms with Crippen LogP contribution >= 0.6 is 11.5 Å². The van der Waals surface area contributed by atoms with Gasteiger partial charge in [-0.05, 0) is 0 Å². The van der Waals surface area contributed by atoms with Crippen LogP contribution in [-0.4, -0.2) is 16.4 Å². The van der Waals surface area contributed by atoms with Gasteiger partial charge in [0.15, 0.2) is 0 Å². The Hall–Kier alpha value is -0.640. The summed E-state index contributed by atoms with van der Waals surface area (Å²) in [6.07, 6.45) is 0. The van der Waals surface area contributed by atoms with Crippen LogP contribution in [0.3, 0.4) is 0 Å². The number of nitrogens with one attached hydrogen (secondary N) is 1. The van der Waals surface area contributed by atoms with Crippen LogP contribution in [0.4, 0.5) is 5.13 Å². The molecule has 0 aliphatic carbocycles. The van der Waals surface area contributed by atoms with Gasteiger partial charge < -0.3 is 5.32 Å². The summed E-state index contributed by atoms with van der Waals surface area (Å²) in [5.74, 6) is 1.35. The minimum absolute atomic E-state index is 0.429. The summed E-state index contributed by atoms with van der Waals surface area (Å²) in [7, 11) is 1.85. The molecule has 0 radical (unpaired) electrons. The number of aromatic nitrogens is 2. The molecule has 1 aromatic rings. The van der Waals surface area contributed by atoms with Gasteiger partial charge in [-0.15, -0.1) is 0 Å². The predicted molar refractivity (Wildman–Crippen MR) is 43.5 cm³/mol. The molecule has 1 aromatic heterocycles. The maximum atomic E-state index is 4.22. The fourth-order valence-corrected chi connectivity index (χ4v) is 1.23. The van der Waals surface area contributed by atoms with Gasteiger partial charge in [-0.2, -0.15) is 4.37 Å². The lowest BCUT2D eigenvalue weighted by atomic mass is 10.2. The van der Waals surface area contributed by atoms with Crippen LogP contribution in [0.15, 0.2) is 0 Å². The van der Waals surface area contributed by atoms with Crippen molar-refractivity contribution >= 4 is 16.7 Å². The molecule has 0 atom stereocenters. The molecular formula is C6H11N3S. The van der Waals surface area contributed by atoms with Gasteiger partial charge in [-0.25, -0.2) is 4.98 Å². The second-order valence-corrected chi connectivity index (χ2v) is 3.11. The molecule has 0 aliphatic rings. The monoisotopic (exact) mass is 157 g/mol. The third kappa shape index (κ3) is 1.44. The van der Waals surface area contributed by atoms with E-state index in [1.165, 1.54) is 11.5 Å². The van der Waals surface area contributed by atoms with Crippen LogP contribution in [0.5, 0.6) is 0 Å². The SMILES string of the molecule is CNc1nc(C(C)C)ns1. The summed E-state index contributed by atoms with van der Waals surface area (Å²) in [4.78, 5) is 4.22. The van der Waals surface area contributed by atoms with Gasteiger partial charge in [0.1, 0.15) is 5.82 Å². The van der Waals surface area contributed by atoms with Gasteiger partial charge in [-0.1, -0.05) is 13.8 Å². The number of rotatable bonds is 2. The standard InChI is InChI=1S/C6H11N3S/c1-4(2)5-8-6(7-3)10-9-5/h4H,1-3H3,(H,7,8,9). The first kappa shape index (κ1) is 7.47. The third-order valence-corrected chi connectivity index (χ3v) is 1.92. The zero-order valence-corrected chi connectivity index (χ0v) is 7.20. The molecule has 1 rings (SSSR count). The normalized spacial score (nSPS) is 10.4. The Morgan fingerprint density at radius 2 is 2.20 bits per heavy atom. The average Bonchev–Trinajstić information content (AvgIpc) is 2.34. The van der Waals surface area contributed by atoms with Crippen LogP contribution in [0, 0.1) is 0 Å². The molecule has 0 saturated carbocycles. The summed E-state index contributed by atoms with van der Waals surface area (Å²) in [5, 5.41) is 3.84. The zero-order chi connectivity index (χ0) is 7.56. The Kier molecular flexibility index (Phi) is 2.21. The van der Waals surface area contributed by atoms with Gasteiger partial charge in [0.25, 0.3) is 0 Å². The van der Waals surface area contributed by atoms with Crippen molar-refractivity contribution in [3.63, 3.8) is 0 Å².